The second-order valence-corrected chi connectivity index (χ2v) is 6.01. The second kappa shape index (κ2) is 11.2. The van der Waals surface area contributed by atoms with Gasteiger partial charge in [-0.25, -0.2) is 0 Å². The first-order chi connectivity index (χ1) is 11.5. The lowest BCUT2D eigenvalue weighted by atomic mass is 9.92. The van der Waals surface area contributed by atoms with Crippen LogP contribution in [0.3, 0.4) is 0 Å². The van der Waals surface area contributed by atoms with Crippen molar-refractivity contribution in [1.29, 1.82) is 0 Å². The van der Waals surface area contributed by atoms with Crippen LogP contribution >= 0.6 is 11.6 Å². The van der Waals surface area contributed by atoms with Crippen LogP contribution in [0.2, 0.25) is 5.02 Å². The topological polar surface area (TPSA) is 65.0 Å². The minimum Gasteiger partial charge on any atom is -0.496 e. The quantitative estimate of drug-likeness (QED) is 0.557. The molecule has 1 aromatic carbocycles. The molecule has 0 saturated carbocycles. The summed E-state index contributed by atoms with van der Waals surface area (Å²) in [5.41, 5.74) is 0.593. The van der Waals surface area contributed by atoms with Gasteiger partial charge in [0.25, 0.3) is 0 Å². The van der Waals surface area contributed by atoms with Crippen LogP contribution in [-0.2, 0) is 9.53 Å². The fourth-order valence-electron chi connectivity index (χ4n) is 2.51. The van der Waals surface area contributed by atoms with Crippen molar-refractivity contribution in [2.75, 3.05) is 27.4 Å². The molecular formula is C18H27ClO5. The first-order valence-electron chi connectivity index (χ1n) is 8.27. The molecule has 1 aromatic rings. The van der Waals surface area contributed by atoms with Gasteiger partial charge in [-0.1, -0.05) is 37.8 Å². The Morgan fingerprint density at radius 2 is 1.92 bits per heavy atom. The number of aliphatic carboxylic acids is 1. The smallest absolute Gasteiger partial charge is 0.311 e. The molecule has 0 aliphatic rings. The van der Waals surface area contributed by atoms with Gasteiger partial charge in [0.2, 0.25) is 0 Å². The zero-order valence-corrected chi connectivity index (χ0v) is 15.4. The summed E-state index contributed by atoms with van der Waals surface area (Å²) in [6.45, 7) is 3.16. The van der Waals surface area contributed by atoms with Gasteiger partial charge >= 0.3 is 5.97 Å². The van der Waals surface area contributed by atoms with Crippen LogP contribution in [0, 0.1) is 0 Å². The van der Waals surface area contributed by atoms with Crippen molar-refractivity contribution in [3.63, 3.8) is 0 Å². The van der Waals surface area contributed by atoms with Crippen molar-refractivity contribution in [1.82, 2.24) is 0 Å². The molecule has 0 fully saturated rings. The van der Waals surface area contributed by atoms with E-state index < -0.39 is 11.9 Å². The molecule has 0 saturated heterocycles. The van der Waals surface area contributed by atoms with Crippen LogP contribution in [0.25, 0.3) is 0 Å². The van der Waals surface area contributed by atoms with Crippen molar-refractivity contribution in [3.8, 4) is 11.5 Å². The summed E-state index contributed by atoms with van der Waals surface area (Å²) in [6.07, 6.45) is 4.19. The maximum atomic E-state index is 11.7. The Kier molecular flexibility index (Phi) is 9.57. The minimum absolute atomic E-state index is 0.393. The molecule has 24 heavy (non-hydrogen) atoms. The Morgan fingerprint density at radius 3 is 2.50 bits per heavy atom. The number of methoxy groups -OCH3 is 2. The average molecular weight is 359 g/mol. The summed E-state index contributed by atoms with van der Waals surface area (Å²) < 4.78 is 16.0. The van der Waals surface area contributed by atoms with Crippen molar-refractivity contribution < 1.29 is 24.1 Å². The third kappa shape index (κ3) is 6.21. The van der Waals surface area contributed by atoms with Gasteiger partial charge in [0.05, 0.1) is 24.7 Å². The van der Waals surface area contributed by atoms with E-state index in [-0.39, 0.29) is 0 Å². The molecule has 0 heterocycles. The third-order valence-electron chi connectivity index (χ3n) is 3.80. The standard InChI is InChI=1S/C18H27ClO5/c1-4-5-6-8-13(18(20)21)14-11-15(19)17(12-16(14)23-3)24-10-7-9-22-2/h11-13H,4-10H2,1-3H3,(H,20,21). The highest BCUT2D eigenvalue weighted by Crippen LogP contribution is 2.38. The van der Waals surface area contributed by atoms with E-state index in [4.69, 9.17) is 25.8 Å². The molecule has 0 aromatic heterocycles. The van der Waals surface area contributed by atoms with E-state index in [1.54, 1.807) is 19.2 Å². The van der Waals surface area contributed by atoms with Gasteiger partial charge in [-0.15, -0.1) is 0 Å². The molecule has 0 aliphatic heterocycles. The van der Waals surface area contributed by atoms with Crippen LogP contribution in [0.4, 0.5) is 0 Å². The predicted molar refractivity (Wildman–Crippen MR) is 94.5 cm³/mol. The molecular weight excluding hydrogens is 332 g/mol. The monoisotopic (exact) mass is 358 g/mol. The molecule has 0 aliphatic carbocycles. The molecule has 0 bridgehead atoms. The van der Waals surface area contributed by atoms with Crippen LogP contribution in [0.5, 0.6) is 11.5 Å². The average Bonchev–Trinajstić information content (AvgIpc) is 2.56. The van der Waals surface area contributed by atoms with E-state index in [1.807, 2.05) is 0 Å². The lowest BCUT2D eigenvalue weighted by Gasteiger charge is -2.18. The molecule has 0 spiro atoms. The van der Waals surface area contributed by atoms with E-state index in [1.165, 1.54) is 7.11 Å². The highest BCUT2D eigenvalue weighted by molar-refractivity contribution is 6.32. The van der Waals surface area contributed by atoms with Crippen molar-refractivity contribution in [3.05, 3.63) is 22.7 Å². The number of carboxylic acids is 1. The van der Waals surface area contributed by atoms with E-state index in [9.17, 15) is 9.90 Å². The first kappa shape index (κ1) is 20.6. The lowest BCUT2D eigenvalue weighted by Crippen LogP contribution is -2.13. The van der Waals surface area contributed by atoms with Crippen LogP contribution < -0.4 is 9.47 Å². The molecule has 5 nitrogen and oxygen atoms in total. The van der Waals surface area contributed by atoms with Crippen molar-refractivity contribution in [2.45, 2.75) is 44.9 Å². The SMILES string of the molecule is CCCCCC(C(=O)O)c1cc(Cl)c(OCCCOC)cc1OC. The van der Waals surface area contributed by atoms with E-state index in [2.05, 4.69) is 6.92 Å². The Balaban J connectivity index is 2.96. The number of unbranched alkanes of at least 4 members (excludes halogenated alkanes) is 2. The summed E-state index contributed by atoms with van der Waals surface area (Å²) >= 11 is 6.28. The summed E-state index contributed by atoms with van der Waals surface area (Å²) in [5.74, 6) is -0.517. The third-order valence-corrected chi connectivity index (χ3v) is 4.10. The van der Waals surface area contributed by atoms with Gasteiger partial charge < -0.3 is 19.3 Å². The summed E-state index contributed by atoms with van der Waals surface area (Å²) in [7, 11) is 3.15. The number of carbonyl (C=O) groups is 1. The normalized spacial score (nSPS) is 12.0. The molecule has 0 radical (unpaired) electrons. The zero-order valence-electron chi connectivity index (χ0n) is 14.6. The molecule has 1 unspecified atom stereocenters. The molecule has 1 N–H and O–H groups in total. The molecule has 0 amide bonds. The van der Waals surface area contributed by atoms with Crippen LogP contribution in [-0.4, -0.2) is 38.5 Å². The number of carboxylic acid groups (broad SMARTS) is 1. The largest absolute Gasteiger partial charge is 0.496 e. The molecule has 1 atom stereocenters. The Labute approximate surface area is 148 Å². The van der Waals surface area contributed by atoms with Crippen LogP contribution in [0.1, 0.15) is 50.5 Å². The number of hydrogen-bond acceptors (Lipinski definition) is 4. The van der Waals surface area contributed by atoms with Gasteiger partial charge in [0, 0.05) is 31.8 Å². The fourth-order valence-corrected chi connectivity index (χ4v) is 2.73. The first-order valence-corrected chi connectivity index (χ1v) is 8.64. The Morgan fingerprint density at radius 1 is 1.17 bits per heavy atom. The minimum atomic E-state index is -0.866. The highest BCUT2D eigenvalue weighted by atomic mass is 35.5. The van der Waals surface area contributed by atoms with Gasteiger partial charge in [0.1, 0.15) is 11.5 Å². The summed E-state index contributed by atoms with van der Waals surface area (Å²) in [4.78, 5) is 11.7. The van der Waals surface area contributed by atoms with Gasteiger partial charge in [-0.05, 0) is 12.5 Å². The maximum absolute atomic E-state index is 11.7. The lowest BCUT2D eigenvalue weighted by molar-refractivity contribution is -0.139. The number of halogens is 1. The van der Waals surface area contributed by atoms with E-state index in [0.29, 0.717) is 41.7 Å². The summed E-state index contributed by atoms with van der Waals surface area (Å²) in [6, 6.07) is 3.32. The Bertz CT molecular complexity index is 518. The number of rotatable bonds is 12. The van der Waals surface area contributed by atoms with Gasteiger partial charge in [0.15, 0.2) is 0 Å². The van der Waals surface area contributed by atoms with E-state index >= 15 is 0 Å². The van der Waals surface area contributed by atoms with Gasteiger partial charge in [-0.2, -0.15) is 0 Å². The number of ether oxygens (including phenoxy) is 3. The Hall–Kier alpha value is -1.46. The molecule has 136 valence electrons. The van der Waals surface area contributed by atoms with Crippen LogP contribution in [0.15, 0.2) is 12.1 Å². The maximum Gasteiger partial charge on any atom is 0.311 e. The zero-order chi connectivity index (χ0) is 17.9. The van der Waals surface area contributed by atoms with Gasteiger partial charge in [-0.3, -0.25) is 4.79 Å². The predicted octanol–water partition coefficient (Wildman–Crippen LogP) is 4.51. The molecule has 1 rings (SSSR count). The fraction of sp³-hybridized carbons (Fsp3) is 0.611. The second-order valence-electron chi connectivity index (χ2n) is 5.61. The van der Waals surface area contributed by atoms with Crippen molar-refractivity contribution >= 4 is 17.6 Å². The van der Waals surface area contributed by atoms with Crippen molar-refractivity contribution in [2.24, 2.45) is 0 Å². The highest BCUT2D eigenvalue weighted by Gasteiger charge is 2.24. The van der Waals surface area contributed by atoms with E-state index in [0.717, 1.165) is 25.7 Å². The number of hydrogen-bond donors (Lipinski definition) is 1. The summed E-state index contributed by atoms with van der Waals surface area (Å²) in [5, 5.41) is 9.96. The molecule has 6 heteroatoms. The number of benzene rings is 1.